The molecule has 3 unspecified atom stereocenters. The lowest BCUT2D eigenvalue weighted by Gasteiger charge is -2.29. The number of aromatic nitrogens is 1. The van der Waals surface area contributed by atoms with E-state index in [4.69, 9.17) is 5.73 Å². The van der Waals surface area contributed by atoms with Gasteiger partial charge in [-0.2, -0.15) is 0 Å². The summed E-state index contributed by atoms with van der Waals surface area (Å²) in [4.78, 5) is 8.34. The van der Waals surface area contributed by atoms with Crippen molar-refractivity contribution < 1.29 is 0 Å². The molecule has 2 heterocycles. The maximum absolute atomic E-state index is 6.25. The van der Waals surface area contributed by atoms with Crippen LogP contribution in [0.1, 0.15) is 29.8 Å². The molecule has 3 atom stereocenters. The van der Waals surface area contributed by atoms with Gasteiger partial charge in [-0.25, -0.2) is 4.98 Å². The number of hydrogen-bond acceptors (Lipinski definition) is 4. The third-order valence-electron chi connectivity index (χ3n) is 4.44. The van der Waals surface area contributed by atoms with Crippen molar-refractivity contribution in [3.8, 4) is 0 Å². The lowest BCUT2D eigenvalue weighted by molar-refractivity contribution is 0.259. The predicted molar refractivity (Wildman–Crippen MR) is 78.2 cm³/mol. The number of halogens is 1. The molecule has 102 valence electrons. The van der Waals surface area contributed by atoms with Gasteiger partial charge < -0.3 is 5.73 Å². The standard InChI is InChI=1S/C13H21N3S.ClH/c1-9-13(17-8-15-9)7-16-5-10-3-2-4-12(14)11(10)6-16;/h8,10-12H,2-7,14H2,1H3;1H. The fourth-order valence-corrected chi connectivity index (χ4v) is 4.24. The summed E-state index contributed by atoms with van der Waals surface area (Å²) in [5, 5.41) is 0. The Kier molecular flexibility index (Phi) is 4.64. The zero-order valence-corrected chi connectivity index (χ0v) is 12.5. The van der Waals surface area contributed by atoms with Crippen LogP contribution in [-0.4, -0.2) is 29.0 Å². The van der Waals surface area contributed by atoms with Gasteiger partial charge in [0.2, 0.25) is 0 Å². The van der Waals surface area contributed by atoms with Crippen LogP contribution in [0.5, 0.6) is 0 Å². The molecule has 3 rings (SSSR count). The number of rotatable bonds is 2. The number of nitrogens with two attached hydrogens (primary N) is 1. The monoisotopic (exact) mass is 287 g/mol. The molecule has 5 heteroatoms. The Labute approximate surface area is 119 Å². The second-order valence-corrected chi connectivity index (χ2v) is 6.51. The van der Waals surface area contributed by atoms with Crippen molar-refractivity contribution in [3.63, 3.8) is 0 Å². The molecule has 2 fully saturated rings. The van der Waals surface area contributed by atoms with Gasteiger partial charge in [0.15, 0.2) is 0 Å². The molecular weight excluding hydrogens is 266 g/mol. The van der Waals surface area contributed by atoms with E-state index in [0.29, 0.717) is 6.04 Å². The van der Waals surface area contributed by atoms with Gasteiger partial charge in [-0.05, 0) is 31.6 Å². The molecule has 1 aliphatic carbocycles. The molecule has 1 aliphatic heterocycles. The highest BCUT2D eigenvalue weighted by atomic mass is 35.5. The summed E-state index contributed by atoms with van der Waals surface area (Å²) < 4.78 is 0. The smallest absolute Gasteiger partial charge is 0.0798 e. The topological polar surface area (TPSA) is 42.2 Å². The summed E-state index contributed by atoms with van der Waals surface area (Å²) in [6.45, 7) is 5.63. The summed E-state index contributed by atoms with van der Waals surface area (Å²) >= 11 is 1.79. The van der Waals surface area contributed by atoms with Crippen LogP contribution in [0.25, 0.3) is 0 Å². The van der Waals surface area contributed by atoms with Crippen LogP contribution in [-0.2, 0) is 6.54 Å². The van der Waals surface area contributed by atoms with Crippen LogP contribution in [0.3, 0.4) is 0 Å². The first-order valence-corrected chi connectivity index (χ1v) is 7.49. The van der Waals surface area contributed by atoms with E-state index < -0.39 is 0 Å². The Bertz CT molecular complexity index is 395. The zero-order valence-electron chi connectivity index (χ0n) is 10.8. The quantitative estimate of drug-likeness (QED) is 0.908. The molecule has 1 aromatic heterocycles. The lowest BCUT2D eigenvalue weighted by atomic mass is 9.78. The van der Waals surface area contributed by atoms with E-state index in [1.807, 2.05) is 5.51 Å². The highest BCUT2D eigenvalue weighted by Crippen LogP contribution is 2.36. The minimum Gasteiger partial charge on any atom is -0.327 e. The molecule has 0 amide bonds. The number of fused-ring (bicyclic) bond motifs is 1. The van der Waals surface area contributed by atoms with Crippen LogP contribution in [0.15, 0.2) is 5.51 Å². The van der Waals surface area contributed by atoms with Gasteiger partial charge in [-0.3, -0.25) is 4.90 Å². The van der Waals surface area contributed by atoms with E-state index in [1.54, 1.807) is 11.3 Å². The van der Waals surface area contributed by atoms with Gasteiger partial charge in [-0.15, -0.1) is 23.7 Å². The molecule has 0 aromatic carbocycles. The highest BCUT2D eigenvalue weighted by Gasteiger charge is 2.38. The van der Waals surface area contributed by atoms with Crippen LogP contribution < -0.4 is 5.73 Å². The summed E-state index contributed by atoms with van der Waals surface area (Å²) in [5.41, 5.74) is 9.41. The van der Waals surface area contributed by atoms with Crippen molar-refractivity contribution in [1.29, 1.82) is 0 Å². The van der Waals surface area contributed by atoms with Crippen molar-refractivity contribution in [2.24, 2.45) is 17.6 Å². The highest BCUT2D eigenvalue weighted by molar-refractivity contribution is 7.09. The van der Waals surface area contributed by atoms with Gasteiger partial charge in [0.25, 0.3) is 0 Å². The van der Waals surface area contributed by atoms with Crippen molar-refractivity contribution in [3.05, 3.63) is 16.1 Å². The Balaban J connectivity index is 0.00000120. The third-order valence-corrected chi connectivity index (χ3v) is 5.36. The average Bonchev–Trinajstić information content (AvgIpc) is 2.87. The van der Waals surface area contributed by atoms with E-state index in [2.05, 4.69) is 16.8 Å². The molecule has 0 radical (unpaired) electrons. The predicted octanol–water partition coefficient (Wildman–Crippen LogP) is 2.43. The van der Waals surface area contributed by atoms with Gasteiger partial charge in [0.1, 0.15) is 0 Å². The van der Waals surface area contributed by atoms with Crippen LogP contribution >= 0.6 is 23.7 Å². The van der Waals surface area contributed by atoms with E-state index in [0.717, 1.165) is 18.4 Å². The van der Waals surface area contributed by atoms with Gasteiger partial charge >= 0.3 is 0 Å². The SMILES string of the molecule is Cc1ncsc1CN1CC2CCCC(N)C2C1.Cl. The molecule has 0 bridgehead atoms. The van der Waals surface area contributed by atoms with Crippen LogP contribution in [0.2, 0.25) is 0 Å². The second-order valence-electron chi connectivity index (χ2n) is 5.57. The fourth-order valence-electron chi connectivity index (χ4n) is 3.42. The minimum atomic E-state index is 0. The van der Waals surface area contributed by atoms with Crippen molar-refractivity contribution in [2.45, 2.75) is 38.8 Å². The Morgan fingerprint density at radius 1 is 1.44 bits per heavy atom. The van der Waals surface area contributed by atoms with Gasteiger partial charge in [0, 0.05) is 30.6 Å². The summed E-state index contributed by atoms with van der Waals surface area (Å²) in [7, 11) is 0. The number of likely N-dealkylation sites (tertiary alicyclic amines) is 1. The van der Waals surface area contributed by atoms with Gasteiger partial charge in [-0.1, -0.05) is 6.42 Å². The van der Waals surface area contributed by atoms with E-state index >= 15 is 0 Å². The maximum Gasteiger partial charge on any atom is 0.0798 e. The largest absolute Gasteiger partial charge is 0.327 e. The maximum atomic E-state index is 6.25. The minimum absolute atomic E-state index is 0. The summed E-state index contributed by atoms with van der Waals surface area (Å²) in [6.07, 6.45) is 3.95. The molecule has 2 aliphatic rings. The second kappa shape index (κ2) is 5.87. The Morgan fingerprint density at radius 3 is 2.94 bits per heavy atom. The van der Waals surface area contributed by atoms with Crippen LogP contribution in [0, 0.1) is 18.8 Å². The summed E-state index contributed by atoms with van der Waals surface area (Å²) in [6, 6.07) is 0.446. The molecule has 2 N–H and O–H groups in total. The number of thiazole rings is 1. The number of hydrogen-bond donors (Lipinski definition) is 1. The third kappa shape index (κ3) is 2.72. The lowest BCUT2D eigenvalue weighted by Crippen LogP contribution is -2.38. The van der Waals surface area contributed by atoms with Gasteiger partial charge in [0.05, 0.1) is 11.2 Å². The zero-order chi connectivity index (χ0) is 11.8. The first-order chi connectivity index (χ1) is 8.24. The molecule has 18 heavy (non-hydrogen) atoms. The molecule has 1 saturated heterocycles. The first kappa shape index (κ1) is 14.3. The molecule has 1 aromatic rings. The average molecular weight is 288 g/mol. The number of nitrogens with zero attached hydrogens (tertiary/aromatic N) is 2. The normalized spacial score (nSPS) is 32.0. The fraction of sp³-hybridized carbons (Fsp3) is 0.769. The van der Waals surface area contributed by atoms with Crippen LogP contribution in [0.4, 0.5) is 0 Å². The number of aryl methyl sites for hydroxylation is 1. The Hall–Kier alpha value is -0.160. The van der Waals surface area contributed by atoms with E-state index in [9.17, 15) is 0 Å². The van der Waals surface area contributed by atoms with Crippen molar-refractivity contribution in [2.75, 3.05) is 13.1 Å². The molecular formula is C13H22ClN3S. The summed E-state index contributed by atoms with van der Waals surface area (Å²) in [5.74, 6) is 1.60. The van der Waals surface area contributed by atoms with E-state index in [1.165, 1.54) is 42.9 Å². The molecule has 3 nitrogen and oxygen atoms in total. The first-order valence-electron chi connectivity index (χ1n) is 6.61. The molecule has 1 saturated carbocycles. The van der Waals surface area contributed by atoms with Crippen molar-refractivity contribution >= 4 is 23.7 Å². The van der Waals surface area contributed by atoms with E-state index in [-0.39, 0.29) is 12.4 Å². The van der Waals surface area contributed by atoms with Crippen molar-refractivity contribution in [1.82, 2.24) is 9.88 Å². The Morgan fingerprint density at radius 2 is 2.28 bits per heavy atom. The molecule has 0 spiro atoms.